The summed E-state index contributed by atoms with van der Waals surface area (Å²) in [6.45, 7) is 3.21. The Morgan fingerprint density at radius 2 is 1.64 bits per heavy atom. The van der Waals surface area contributed by atoms with E-state index < -0.39 is 0 Å². The minimum absolute atomic E-state index is 0.0403. The van der Waals surface area contributed by atoms with E-state index >= 15 is 0 Å². The van der Waals surface area contributed by atoms with E-state index in [1.807, 2.05) is 71.6 Å². The third-order valence-corrected chi connectivity index (χ3v) is 8.48. The van der Waals surface area contributed by atoms with Crippen LogP contribution in [0.2, 0.25) is 0 Å². The Morgan fingerprint density at radius 3 is 2.38 bits per heavy atom. The van der Waals surface area contributed by atoms with Crippen LogP contribution < -0.4 is 4.74 Å². The zero-order valence-electron chi connectivity index (χ0n) is 23.7. The quantitative estimate of drug-likeness (QED) is 0.0873. The Morgan fingerprint density at radius 1 is 0.929 bits per heavy atom. The highest BCUT2D eigenvalue weighted by atomic mass is 32.2. The van der Waals surface area contributed by atoms with Crippen molar-refractivity contribution >= 4 is 40.3 Å². The van der Waals surface area contributed by atoms with E-state index in [9.17, 15) is 9.18 Å². The van der Waals surface area contributed by atoms with E-state index in [4.69, 9.17) is 22.1 Å². The first-order chi connectivity index (χ1) is 20.5. The maximum atomic E-state index is 13.3. The van der Waals surface area contributed by atoms with Crippen molar-refractivity contribution < 1.29 is 13.9 Å². The SMILES string of the molecule is CCCCCCCCN1C(=O)/C(=C/c2cn(-c3ccccc3)nc2-c2ccc(OCc3ccc(F)cc3)cc2)SC1=S. The first kappa shape index (κ1) is 29.7. The van der Waals surface area contributed by atoms with Gasteiger partial charge in [0.2, 0.25) is 0 Å². The molecule has 5 rings (SSSR count). The summed E-state index contributed by atoms with van der Waals surface area (Å²) in [6, 6.07) is 23.9. The number of thioether (sulfide) groups is 1. The van der Waals surface area contributed by atoms with Crippen molar-refractivity contribution in [1.82, 2.24) is 14.7 Å². The molecule has 2 heterocycles. The highest BCUT2D eigenvalue weighted by Crippen LogP contribution is 2.35. The highest BCUT2D eigenvalue weighted by Gasteiger charge is 2.32. The van der Waals surface area contributed by atoms with Gasteiger partial charge in [-0.3, -0.25) is 9.69 Å². The van der Waals surface area contributed by atoms with Gasteiger partial charge in [-0.2, -0.15) is 5.10 Å². The molecule has 3 aromatic carbocycles. The number of carbonyl (C=O) groups is 1. The number of unbranched alkanes of at least 4 members (excludes halogenated alkanes) is 5. The van der Waals surface area contributed by atoms with Gasteiger partial charge in [0.25, 0.3) is 5.91 Å². The second-order valence-corrected chi connectivity index (χ2v) is 11.9. The van der Waals surface area contributed by atoms with Crippen LogP contribution in [0.1, 0.15) is 56.6 Å². The fraction of sp³-hybridized carbons (Fsp3) is 0.265. The molecular weight excluding hydrogens is 566 g/mol. The Hall–Kier alpha value is -3.75. The fourth-order valence-corrected chi connectivity index (χ4v) is 6.07. The summed E-state index contributed by atoms with van der Waals surface area (Å²) in [5, 5.41) is 4.90. The second kappa shape index (κ2) is 14.4. The summed E-state index contributed by atoms with van der Waals surface area (Å²) in [7, 11) is 0. The third kappa shape index (κ3) is 7.55. The van der Waals surface area contributed by atoms with Gasteiger partial charge in [-0.05, 0) is 66.6 Å². The molecular formula is C34H34FN3O2S2. The van der Waals surface area contributed by atoms with Crippen LogP contribution in [0.3, 0.4) is 0 Å². The monoisotopic (exact) mass is 599 g/mol. The Bertz CT molecular complexity index is 1530. The van der Waals surface area contributed by atoms with Crippen LogP contribution in [-0.2, 0) is 11.4 Å². The number of hydrogen-bond acceptors (Lipinski definition) is 5. The summed E-state index contributed by atoms with van der Waals surface area (Å²) < 4.78 is 21.5. The van der Waals surface area contributed by atoms with Gasteiger partial charge in [-0.15, -0.1) is 0 Å². The van der Waals surface area contributed by atoms with Gasteiger partial charge in [-0.1, -0.05) is 93.3 Å². The molecule has 0 aliphatic carbocycles. The Labute approximate surface area is 256 Å². The minimum atomic E-state index is -0.270. The molecule has 1 aromatic heterocycles. The summed E-state index contributed by atoms with van der Waals surface area (Å²) in [4.78, 5) is 15.7. The minimum Gasteiger partial charge on any atom is -0.489 e. The normalized spacial score (nSPS) is 14.2. The first-order valence-electron chi connectivity index (χ1n) is 14.4. The number of thiocarbonyl (C=S) groups is 1. The van der Waals surface area contributed by atoms with Gasteiger partial charge in [0.15, 0.2) is 0 Å². The van der Waals surface area contributed by atoms with Crippen molar-refractivity contribution in [3.8, 4) is 22.7 Å². The largest absolute Gasteiger partial charge is 0.489 e. The van der Waals surface area contributed by atoms with Crippen molar-refractivity contribution in [2.75, 3.05) is 6.54 Å². The van der Waals surface area contributed by atoms with E-state index in [-0.39, 0.29) is 11.7 Å². The molecule has 0 atom stereocenters. The van der Waals surface area contributed by atoms with Crippen molar-refractivity contribution in [2.45, 2.75) is 52.1 Å². The van der Waals surface area contributed by atoms with Crippen LogP contribution in [0.15, 0.2) is 90.0 Å². The van der Waals surface area contributed by atoms with Crippen LogP contribution in [0.5, 0.6) is 5.75 Å². The summed E-state index contributed by atoms with van der Waals surface area (Å²) in [5.41, 5.74) is 4.29. The fourth-order valence-electron chi connectivity index (χ4n) is 4.77. The van der Waals surface area contributed by atoms with Crippen molar-refractivity contribution in [1.29, 1.82) is 0 Å². The summed E-state index contributed by atoms with van der Waals surface area (Å²) in [5.74, 6) is 0.387. The molecule has 0 bridgehead atoms. The molecule has 0 saturated carbocycles. The van der Waals surface area contributed by atoms with Crippen molar-refractivity contribution in [2.24, 2.45) is 0 Å². The molecule has 1 saturated heterocycles. The topological polar surface area (TPSA) is 47.4 Å². The number of carbonyl (C=O) groups excluding carboxylic acids is 1. The van der Waals surface area contributed by atoms with Crippen LogP contribution in [0.4, 0.5) is 4.39 Å². The zero-order chi connectivity index (χ0) is 29.3. The number of ether oxygens (including phenoxy) is 1. The van der Waals surface area contributed by atoms with E-state index in [0.717, 1.165) is 40.9 Å². The number of aromatic nitrogens is 2. The molecule has 4 aromatic rings. The molecule has 8 heteroatoms. The van der Waals surface area contributed by atoms with Gasteiger partial charge in [0, 0.05) is 23.9 Å². The number of halogens is 1. The van der Waals surface area contributed by atoms with E-state index in [1.165, 1.54) is 49.6 Å². The van der Waals surface area contributed by atoms with Gasteiger partial charge in [0.05, 0.1) is 16.3 Å². The van der Waals surface area contributed by atoms with Crippen LogP contribution >= 0.6 is 24.0 Å². The average Bonchev–Trinajstić information content (AvgIpc) is 3.55. The number of nitrogens with zero attached hydrogens (tertiary/aromatic N) is 3. The molecule has 1 fully saturated rings. The van der Waals surface area contributed by atoms with E-state index in [1.54, 1.807) is 17.0 Å². The predicted molar refractivity (Wildman–Crippen MR) is 173 cm³/mol. The number of para-hydroxylation sites is 1. The molecule has 0 radical (unpaired) electrons. The molecule has 0 N–H and O–H groups in total. The molecule has 1 amide bonds. The standard InChI is InChI=1S/C34H34FN3O2S2/c1-2-3-4-5-6-10-21-37-33(39)31(42-34(37)41)22-27-23-38(29-11-8-7-9-12-29)36-32(27)26-15-19-30(20-16-26)40-24-25-13-17-28(35)18-14-25/h7-9,11-20,22-23H,2-6,10,21,24H2,1H3/b31-22-. The zero-order valence-corrected chi connectivity index (χ0v) is 25.3. The third-order valence-electron chi connectivity index (χ3n) is 7.11. The van der Waals surface area contributed by atoms with Crippen LogP contribution in [-0.4, -0.2) is 31.5 Å². The summed E-state index contributed by atoms with van der Waals surface area (Å²) >= 11 is 6.95. The first-order valence-corrected chi connectivity index (χ1v) is 15.6. The molecule has 216 valence electrons. The van der Waals surface area contributed by atoms with Crippen molar-refractivity contribution in [3.63, 3.8) is 0 Å². The van der Waals surface area contributed by atoms with E-state index in [0.29, 0.717) is 28.1 Å². The van der Waals surface area contributed by atoms with Gasteiger partial charge in [-0.25, -0.2) is 9.07 Å². The molecule has 5 nitrogen and oxygen atoms in total. The lowest BCUT2D eigenvalue weighted by molar-refractivity contribution is -0.122. The average molecular weight is 600 g/mol. The van der Waals surface area contributed by atoms with Crippen LogP contribution in [0.25, 0.3) is 23.0 Å². The Balaban J connectivity index is 1.35. The smallest absolute Gasteiger partial charge is 0.266 e. The molecule has 0 unspecified atom stereocenters. The maximum absolute atomic E-state index is 13.3. The van der Waals surface area contributed by atoms with Gasteiger partial charge < -0.3 is 4.74 Å². The molecule has 0 spiro atoms. The predicted octanol–water partition coefficient (Wildman–Crippen LogP) is 8.82. The van der Waals surface area contributed by atoms with Crippen LogP contribution in [0, 0.1) is 5.82 Å². The van der Waals surface area contributed by atoms with E-state index in [2.05, 4.69) is 6.92 Å². The molecule has 42 heavy (non-hydrogen) atoms. The molecule has 1 aliphatic heterocycles. The molecule has 1 aliphatic rings. The van der Waals surface area contributed by atoms with Gasteiger partial charge in [0.1, 0.15) is 22.5 Å². The van der Waals surface area contributed by atoms with Gasteiger partial charge >= 0.3 is 0 Å². The number of rotatable bonds is 13. The lowest BCUT2D eigenvalue weighted by Gasteiger charge is -2.13. The van der Waals surface area contributed by atoms with Crippen molar-refractivity contribution in [3.05, 3.63) is 107 Å². The second-order valence-electron chi connectivity index (χ2n) is 10.3. The number of benzene rings is 3. The maximum Gasteiger partial charge on any atom is 0.266 e. The highest BCUT2D eigenvalue weighted by molar-refractivity contribution is 8.26. The lowest BCUT2D eigenvalue weighted by atomic mass is 10.1. The number of hydrogen-bond donors (Lipinski definition) is 0. The lowest BCUT2D eigenvalue weighted by Crippen LogP contribution is -2.29. The Kier molecular flexibility index (Phi) is 10.2. The summed E-state index contributed by atoms with van der Waals surface area (Å²) in [6.07, 6.45) is 10.8. The number of amides is 1.